The topological polar surface area (TPSA) is 49.4 Å². The maximum Gasteiger partial charge on any atom is 0.239 e. The zero-order valence-electron chi connectivity index (χ0n) is 14.1. The Morgan fingerprint density at radius 3 is 2.76 bits per heavy atom. The van der Waals surface area contributed by atoms with Crippen molar-refractivity contribution in [1.29, 1.82) is 0 Å². The van der Waals surface area contributed by atoms with Gasteiger partial charge in [-0.15, -0.1) is 23.4 Å². The van der Waals surface area contributed by atoms with Gasteiger partial charge in [-0.3, -0.25) is 14.5 Å². The molecule has 1 atom stereocenters. The SMILES string of the molecule is Cc1ccc(N2C(=O)CSC2c2cccc(NC(=O)CCl)c2)cc1C. The molecule has 1 aliphatic rings. The van der Waals surface area contributed by atoms with E-state index in [-0.39, 0.29) is 23.1 Å². The van der Waals surface area contributed by atoms with Gasteiger partial charge in [0.2, 0.25) is 11.8 Å². The van der Waals surface area contributed by atoms with Crippen molar-refractivity contribution in [2.45, 2.75) is 19.2 Å². The second-order valence-corrected chi connectivity index (χ2v) is 7.34. The zero-order valence-corrected chi connectivity index (χ0v) is 15.7. The molecular weight excluding hydrogens is 356 g/mol. The third kappa shape index (κ3) is 3.83. The molecule has 0 radical (unpaired) electrons. The molecule has 1 saturated heterocycles. The van der Waals surface area contributed by atoms with E-state index in [9.17, 15) is 9.59 Å². The maximum absolute atomic E-state index is 12.5. The van der Waals surface area contributed by atoms with Crippen LogP contribution in [0.2, 0.25) is 0 Å². The van der Waals surface area contributed by atoms with Gasteiger partial charge in [0.05, 0.1) is 5.75 Å². The minimum atomic E-state index is -0.250. The molecule has 4 nitrogen and oxygen atoms in total. The van der Waals surface area contributed by atoms with Gasteiger partial charge in [0, 0.05) is 11.4 Å². The highest BCUT2D eigenvalue weighted by atomic mass is 35.5. The Kier molecular flexibility index (Phi) is 5.35. The van der Waals surface area contributed by atoms with Crippen molar-refractivity contribution in [3.63, 3.8) is 0 Å². The first kappa shape index (κ1) is 17.8. The lowest BCUT2D eigenvalue weighted by molar-refractivity contribution is -0.116. The molecule has 1 N–H and O–H groups in total. The molecule has 0 aromatic heterocycles. The van der Waals surface area contributed by atoms with Crippen LogP contribution in [-0.4, -0.2) is 23.4 Å². The van der Waals surface area contributed by atoms with E-state index >= 15 is 0 Å². The van der Waals surface area contributed by atoms with Crippen molar-refractivity contribution in [3.05, 3.63) is 59.2 Å². The van der Waals surface area contributed by atoms with Crippen LogP contribution >= 0.6 is 23.4 Å². The molecule has 0 aliphatic carbocycles. The van der Waals surface area contributed by atoms with Gasteiger partial charge in [0.1, 0.15) is 11.3 Å². The molecule has 130 valence electrons. The number of amides is 2. The van der Waals surface area contributed by atoms with E-state index in [4.69, 9.17) is 11.6 Å². The molecule has 1 heterocycles. The smallest absolute Gasteiger partial charge is 0.239 e. The number of alkyl halides is 1. The number of halogens is 1. The van der Waals surface area contributed by atoms with E-state index in [0.717, 1.165) is 16.8 Å². The van der Waals surface area contributed by atoms with E-state index < -0.39 is 0 Å². The standard InChI is InChI=1S/C19H19ClN2O2S/c1-12-6-7-16(8-13(12)2)22-18(24)11-25-19(22)14-4-3-5-15(9-14)21-17(23)10-20/h3-9,19H,10-11H2,1-2H3,(H,21,23). The lowest BCUT2D eigenvalue weighted by atomic mass is 10.1. The molecule has 1 aliphatic heterocycles. The number of nitrogens with one attached hydrogen (secondary N) is 1. The summed E-state index contributed by atoms with van der Waals surface area (Å²) >= 11 is 7.14. The van der Waals surface area contributed by atoms with Gasteiger partial charge >= 0.3 is 0 Å². The average Bonchev–Trinajstić information content (AvgIpc) is 2.99. The van der Waals surface area contributed by atoms with E-state index in [0.29, 0.717) is 11.4 Å². The summed E-state index contributed by atoms with van der Waals surface area (Å²) in [6.45, 7) is 4.10. The van der Waals surface area contributed by atoms with Crippen LogP contribution in [0.15, 0.2) is 42.5 Å². The van der Waals surface area contributed by atoms with Crippen molar-refractivity contribution in [2.75, 3.05) is 21.8 Å². The number of anilines is 2. The first-order chi connectivity index (χ1) is 12.0. The molecule has 0 saturated carbocycles. The molecule has 1 unspecified atom stereocenters. The van der Waals surface area contributed by atoms with Crippen LogP contribution in [0.4, 0.5) is 11.4 Å². The van der Waals surface area contributed by atoms with Gasteiger partial charge in [-0.05, 0) is 54.8 Å². The monoisotopic (exact) mass is 374 g/mol. The van der Waals surface area contributed by atoms with Gasteiger partial charge in [-0.1, -0.05) is 18.2 Å². The van der Waals surface area contributed by atoms with Gasteiger partial charge in [0.15, 0.2) is 0 Å². The number of rotatable bonds is 4. The Hall–Kier alpha value is -1.98. The highest BCUT2D eigenvalue weighted by molar-refractivity contribution is 8.00. The third-order valence-corrected chi connectivity index (χ3v) is 5.67. The van der Waals surface area contributed by atoms with Crippen molar-refractivity contribution >= 4 is 46.6 Å². The third-order valence-electron chi connectivity index (χ3n) is 4.21. The van der Waals surface area contributed by atoms with Gasteiger partial charge in [-0.25, -0.2) is 0 Å². The van der Waals surface area contributed by atoms with Crippen molar-refractivity contribution in [3.8, 4) is 0 Å². The predicted molar refractivity (Wildman–Crippen MR) is 104 cm³/mol. The van der Waals surface area contributed by atoms with Crippen LogP contribution in [0, 0.1) is 13.8 Å². The van der Waals surface area contributed by atoms with Crippen LogP contribution in [-0.2, 0) is 9.59 Å². The quantitative estimate of drug-likeness (QED) is 0.813. The van der Waals surface area contributed by atoms with Crippen LogP contribution in [0.5, 0.6) is 0 Å². The molecule has 0 bridgehead atoms. The molecule has 2 aromatic rings. The van der Waals surface area contributed by atoms with Gasteiger partial charge < -0.3 is 5.32 Å². The fourth-order valence-corrected chi connectivity index (χ4v) is 4.02. The average molecular weight is 375 g/mol. The van der Waals surface area contributed by atoms with Crippen LogP contribution in [0.1, 0.15) is 22.1 Å². The van der Waals surface area contributed by atoms with Gasteiger partial charge in [-0.2, -0.15) is 0 Å². The Balaban J connectivity index is 1.92. The van der Waals surface area contributed by atoms with E-state index in [2.05, 4.69) is 12.2 Å². The molecule has 6 heteroatoms. The first-order valence-electron chi connectivity index (χ1n) is 7.96. The molecule has 1 fully saturated rings. The van der Waals surface area contributed by atoms with E-state index in [1.165, 1.54) is 5.56 Å². The first-order valence-corrected chi connectivity index (χ1v) is 9.54. The summed E-state index contributed by atoms with van der Waals surface area (Å²) in [5, 5.41) is 2.65. The van der Waals surface area contributed by atoms with E-state index in [1.807, 2.05) is 54.3 Å². The van der Waals surface area contributed by atoms with Gasteiger partial charge in [0.25, 0.3) is 0 Å². The van der Waals surface area contributed by atoms with Crippen molar-refractivity contribution in [2.24, 2.45) is 0 Å². The van der Waals surface area contributed by atoms with E-state index in [1.54, 1.807) is 11.8 Å². The second-order valence-electron chi connectivity index (χ2n) is 6.00. The Morgan fingerprint density at radius 1 is 1.24 bits per heavy atom. The number of nitrogens with zero attached hydrogens (tertiary/aromatic N) is 1. The molecule has 25 heavy (non-hydrogen) atoms. The fourth-order valence-electron chi connectivity index (χ4n) is 2.79. The maximum atomic E-state index is 12.5. The van der Waals surface area contributed by atoms with Crippen molar-refractivity contribution < 1.29 is 9.59 Å². The number of thioether (sulfide) groups is 1. The Morgan fingerprint density at radius 2 is 2.04 bits per heavy atom. The summed E-state index contributed by atoms with van der Waals surface area (Å²) in [5.74, 6) is 0.194. The molecule has 3 rings (SSSR count). The second kappa shape index (κ2) is 7.50. The Bertz CT molecular complexity index is 825. The molecule has 0 spiro atoms. The minimum absolute atomic E-state index is 0.0876. The summed E-state index contributed by atoms with van der Waals surface area (Å²) in [6, 6.07) is 13.6. The largest absolute Gasteiger partial charge is 0.325 e. The van der Waals surface area contributed by atoms with Crippen LogP contribution in [0.25, 0.3) is 0 Å². The zero-order chi connectivity index (χ0) is 18.0. The number of hydrogen-bond donors (Lipinski definition) is 1. The number of benzene rings is 2. The van der Waals surface area contributed by atoms with Crippen molar-refractivity contribution in [1.82, 2.24) is 0 Å². The number of hydrogen-bond acceptors (Lipinski definition) is 3. The lowest BCUT2D eigenvalue weighted by Crippen LogP contribution is -2.28. The number of carbonyl (C=O) groups excluding carboxylic acids is 2. The molecule has 2 aromatic carbocycles. The normalized spacial score (nSPS) is 17.0. The molecule has 2 amide bonds. The predicted octanol–water partition coefficient (Wildman–Crippen LogP) is 4.26. The summed E-state index contributed by atoms with van der Waals surface area (Å²) in [7, 11) is 0. The van der Waals surface area contributed by atoms with Crippen LogP contribution < -0.4 is 10.2 Å². The minimum Gasteiger partial charge on any atom is -0.325 e. The Labute approximate surface area is 156 Å². The highest BCUT2D eigenvalue weighted by Crippen LogP contribution is 2.42. The summed E-state index contributed by atoms with van der Waals surface area (Å²) in [4.78, 5) is 25.8. The summed E-state index contributed by atoms with van der Waals surface area (Å²) < 4.78 is 0. The number of carbonyl (C=O) groups is 2. The van der Waals surface area contributed by atoms with Crippen LogP contribution in [0.3, 0.4) is 0 Å². The highest BCUT2D eigenvalue weighted by Gasteiger charge is 2.34. The summed E-state index contributed by atoms with van der Waals surface area (Å²) in [5.41, 5.74) is 4.91. The number of aryl methyl sites for hydroxylation is 2. The lowest BCUT2D eigenvalue weighted by Gasteiger charge is -2.25. The molecular formula is C19H19ClN2O2S. The summed E-state index contributed by atoms with van der Waals surface area (Å²) in [6.07, 6.45) is 0. The fraction of sp³-hybridized carbons (Fsp3) is 0.263.